The minimum atomic E-state index is -1.59. The van der Waals surface area contributed by atoms with Crippen LogP contribution in [-0.2, 0) is 36.3 Å². The van der Waals surface area contributed by atoms with Gasteiger partial charge in [-0.2, -0.15) is 0 Å². The molecule has 2 aliphatic heterocycles. The molecule has 1 saturated heterocycles. The summed E-state index contributed by atoms with van der Waals surface area (Å²) < 4.78 is 19.7. The van der Waals surface area contributed by atoms with Crippen LogP contribution >= 0.6 is 0 Å². The maximum Gasteiger partial charge on any atom is 0.356 e. The number of esters is 1. The molecule has 6 rings (SSSR count). The van der Waals surface area contributed by atoms with Gasteiger partial charge in [0.15, 0.2) is 6.10 Å². The van der Waals surface area contributed by atoms with Crippen LogP contribution in [0.3, 0.4) is 0 Å². The van der Waals surface area contributed by atoms with E-state index in [2.05, 4.69) is 10.3 Å². The van der Waals surface area contributed by atoms with Gasteiger partial charge in [0, 0.05) is 12.4 Å². The fourth-order valence-corrected chi connectivity index (χ4v) is 6.99. The van der Waals surface area contributed by atoms with E-state index in [1.54, 1.807) is 30.6 Å². The number of fused-ring (bicyclic) bond motifs is 1. The third kappa shape index (κ3) is 6.14. The van der Waals surface area contributed by atoms with Gasteiger partial charge in [-0.3, -0.25) is 23.7 Å². The molecule has 3 heterocycles. The Bertz CT molecular complexity index is 1710. The van der Waals surface area contributed by atoms with Gasteiger partial charge < -0.3 is 10.1 Å². The molecule has 1 N–H and O–H groups in total. The first-order valence-electron chi connectivity index (χ1n) is 14.2. The van der Waals surface area contributed by atoms with Crippen molar-refractivity contribution in [2.24, 2.45) is 0 Å². The second-order valence-corrected chi connectivity index (χ2v) is 12.0. The number of rotatable bonds is 9. The Morgan fingerprint density at radius 2 is 1.55 bits per heavy atom. The lowest BCUT2D eigenvalue weighted by Crippen LogP contribution is -2.73. The third-order valence-corrected chi connectivity index (χ3v) is 9.08. The summed E-state index contributed by atoms with van der Waals surface area (Å²) in [6, 6.07) is 30.5. The van der Waals surface area contributed by atoms with E-state index < -0.39 is 40.2 Å². The van der Waals surface area contributed by atoms with Gasteiger partial charge in [0.05, 0.1) is 23.0 Å². The van der Waals surface area contributed by atoms with Gasteiger partial charge in [0.25, 0.3) is 5.91 Å². The Hall–Kier alpha value is -5.15. The normalized spacial score (nSPS) is 19.4. The number of β-lactam (4-membered cyclic amide) rings is 1. The van der Waals surface area contributed by atoms with E-state index in [9.17, 15) is 18.6 Å². The number of hydrogen-bond donors (Lipinski definition) is 1. The zero-order valence-electron chi connectivity index (χ0n) is 23.6. The first kappa shape index (κ1) is 28.9. The SMILES string of the molecule is O=C(Cc1ccccc1)NC1C(=O)N2C(C(=O)OC(c3ccccc3)c3ccccc3)=C(/C=C/c3cccnc3)CS(=O)[C@H]12. The summed E-state index contributed by atoms with van der Waals surface area (Å²) in [7, 11) is -1.59. The van der Waals surface area contributed by atoms with Crippen molar-refractivity contribution < 1.29 is 23.3 Å². The highest BCUT2D eigenvalue weighted by Crippen LogP contribution is 2.37. The van der Waals surface area contributed by atoms with E-state index in [1.807, 2.05) is 97.1 Å². The van der Waals surface area contributed by atoms with E-state index in [1.165, 1.54) is 4.90 Å². The lowest BCUT2D eigenvalue weighted by molar-refractivity contribution is -0.154. The molecule has 0 bridgehead atoms. The molecule has 0 radical (unpaired) electrons. The monoisotopic (exact) mass is 603 g/mol. The van der Waals surface area contributed by atoms with Gasteiger partial charge in [0.1, 0.15) is 17.1 Å². The molecule has 1 fully saturated rings. The Balaban J connectivity index is 1.32. The number of nitrogens with zero attached hydrogens (tertiary/aromatic N) is 2. The highest BCUT2D eigenvalue weighted by atomic mass is 32.2. The molecule has 2 unspecified atom stereocenters. The molecule has 220 valence electrons. The standard InChI is InChI=1S/C35H29N3O5S/c39-29(21-24-11-4-1-5-12-24)37-30-33(40)38-31(28(23-44(42)34(30)38)19-18-25-13-10-20-36-22-25)35(41)43-32(26-14-6-2-7-15-26)27-16-8-3-9-17-27/h1-20,22,30,32,34H,21,23H2,(H,37,39)/b19-18+/t30?,34-,44?/m1/s1. The number of allylic oxidation sites excluding steroid dienone is 1. The molecule has 2 amide bonds. The molecule has 8 nitrogen and oxygen atoms in total. The number of aromatic nitrogens is 1. The molecule has 0 saturated carbocycles. The van der Waals surface area contributed by atoms with Gasteiger partial charge in [-0.15, -0.1) is 0 Å². The van der Waals surface area contributed by atoms with Crippen molar-refractivity contribution >= 4 is 34.7 Å². The first-order chi connectivity index (χ1) is 21.5. The zero-order valence-corrected chi connectivity index (χ0v) is 24.4. The largest absolute Gasteiger partial charge is 0.448 e. The molecule has 0 spiro atoms. The van der Waals surface area contributed by atoms with Gasteiger partial charge in [0.2, 0.25) is 5.91 Å². The molecular weight excluding hydrogens is 574 g/mol. The van der Waals surface area contributed by atoms with Crippen LogP contribution < -0.4 is 5.32 Å². The van der Waals surface area contributed by atoms with E-state index in [0.29, 0.717) is 5.57 Å². The van der Waals surface area contributed by atoms with Crippen molar-refractivity contribution in [1.29, 1.82) is 0 Å². The fourth-order valence-electron chi connectivity index (χ4n) is 5.35. The molecule has 9 heteroatoms. The van der Waals surface area contributed by atoms with Crippen LogP contribution in [0.5, 0.6) is 0 Å². The minimum absolute atomic E-state index is 0.00202. The topological polar surface area (TPSA) is 106 Å². The van der Waals surface area contributed by atoms with Gasteiger partial charge in [-0.25, -0.2) is 4.79 Å². The van der Waals surface area contributed by atoms with Crippen molar-refractivity contribution in [2.75, 3.05) is 5.75 Å². The summed E-state index contributed by atoms with van der Waals surface area (Å²) in [4.78, 5) is 45.9. The summed E-state index contributed by atoms with van der Waals surface area (Å²) in [6.07, 6.45) is 6.07. The Morgan fingerprint density at radius 3 is 2.16 bits per heavy atom. The fraction of sp³-hybridized carbons (Fsp3) is 0.143. The number of ether oxygens (including phenoxy) is 1. The summed E-state index contributed by atoms with van der Waals surface area (Å²) in [5, 5.41) is 1.85. The quantitative estimate of drug-likeness (QED) is 0.226. The maximum absolute atomic E-state index is 14.1. The minimum Gasteiger partial charge on any atom is -0.448 e. The second kappa shape index (κ2) is 13.0. The molecule has 3 aromatic carbocycles. The Morgan fingerprint density at radius 1 is 0.909 bits per heavy atom. The predicted molar refractivity (Wildman–Crippen MR) is 167 cm³/mol. The molecule has 44 heavy (non-hydrogen) atoms. The van der Waals surface area contributed by atoms with Crippen LogP contribution in [0, 0.1) is 0 Å². The summed E-state index contributed by atoms with van der Waals surface area (Å²) in [6.45, 7) is 0. The number of amides is 2. The summed E-state index contributed by atoms with van der Waals surface area (Å²) in [5.74, 6) is -1.60. The van der Waals surface area contributed by atoms with Crippen molar-refractivity contribution in [3.8, 4) is 0 Å². The van der Waals surface area contributed by atoms with Crippen molar-refractivity contribution in [3.63, 3.8) is 0 Å². The summed E-state index contributed by atoms with van der Waals surface area (Å²) >= 11 is 0. The number of carbonyl (C=O) groups excluding carboxylic acids is 3. The second-order valence-electron chi connectivity index (χ2n) is 10.4. The molecule has 1 aromatic heterocycles. The molecule has 0 aliphatic carbocycles. The lowest BCUT2D eigenvalue weighted by Gasteiger charge is -2.49. The van der Waals surface area contributed by atoms with Crippen molar-refractivity contribution in [1.82, 2.24) is 15.2 Å². The number of nitrogens with one attached hydrogen (secondary N) is 1. The number of pyridine rings is 1. The van der Waals surface area contributed by atoms with Crippen LogP contribution in [-0.4, -0.2) is 49.0 Å². The molecular formula is C35H29N3O5S. The van der Waals surface area contributed by atoms with Crippen LogP contribution in [0.15, 0.2) is 133 Å². The number of carbonyl (C=O) groups is 3. The molecule has 2 aliphatic rings. The highest BCUT2D eigenvalue weighted by molar-refractivity contribution is 7.86. The first-order valence-corrected chi connectivity index (χ1v) is 15.5. The van der Waals surface area contributed by atoms with E-state index in [0.717, 1.165) is 22.3 Å². The van der Waals surface area contributed by atoms with E-state index in [4.69, 9.17) is 4.74 Å². The van der Waals surface area contributed by atoms with Crippen molar-refractivity contribution in [3.05, 3.63) is 155 Å². The van der Waals surface area contributed by atoms with Gasteiger partial charge in [-0.05, 0) is 33.9 Å². The zero-order chi connectivity index (χ0) is 30.5. The van der Waals surface area contributed by atoms with Gasteiger partial charge >= 0.3 is 5.97 Å². The lowest BCUT2D eigenvalue weighted by atomic mass is 10.00. The maximum atomic E-state index is 14.1. The number of hydrogen-bond acceptors (Lipinski definition) is 6. The number of benzene rings is 3. The smallest absolute Gasteiger partial charge is 0.356 e. The van der Waals surface area contributed by atoms with Crippen LogP contribution in [0.1, 0.15) is 28.4 Å². The molecule has 3 atom stereocenters. The van der Waals surface area contributed by atoms with Crippen LogP contribution in [0.25, 0.3) is 6.08 Å². The van der Waals surface area contributed by atoms with E-state index in [-0.39, 0.29) is 23.8 Å². The van der Waals surface area contributed by atoms with Crippen LogP contribution in [0.4, 0.5) is 0 Å². The summed E-state index contributed by atoms with van der Waals surface area (Å²) in [5.41, 5.74) is 3.50. The van der Waals surface area contributed by atoms with Crippen LogP contribution in [0.2, 0.25) is 0 Å². The average Bonchev–Trinajstić information content (AvgIpc) is 3.06. The molecule has 4 aromatic rings. The average molecular weight is 604 g/mol. The Labute approximate surface area is 257 Å². The Kier molecular flexibility index (Phi) is 8.56. The predicted octanol–water partition coefficient (Wildman–Crippen LogP) is 4.34. The third-order valence-electron chi connectivity index (χ3n) is 7.46. The van der Waals surface area contributed by atoms with E-state index >= 15 is 0 Å². The highest BCUT2D eigenvalue weighted by Gasteiger charge is 2.57. The van der Waals surface area contributed by atoms with Gasteiger partial charge in [-0.1, -0.05) is 109 Å². The van der Waals surface area contributed by atoms with Crippen molar-refractivity contribution in [2.45, 2.75) is 23.9 Å².